The second-order valence-electron chi connectivity index (χ2n) is 8.54. The predicted octanol–water partition coefficient (Wildman–Crippen LogP) is 4.52. The standard InChI is InChI=1S/C28H29FN2O4/c1-34-25-8-3-6-22(17-25)28(33)31(19-20-10-12-23(29)13-11-20)24-7-2-5-21(15-24)16-27(32)30-18-26-9-4-14-35-26/h2-3,5-8,10-13,15,17,26H,4,9,14,16,18-19H2,1H3,(H,30,32)/t26-/m1/s1. The van der Waals surface area contributed by atoms with Crippen LogP contribution in [-0.2, 0) is 22.5 Å². The molecule has 3 aromatic carbocycles. The molecule has 7 heteroatoms. The largest absolute Gasteiger partial charge is 0.497 e. The van der Waals surface area contributed by atoms with E-state index < -0.39 is 0 Å². The van der Waals surface area contributed by atoms with Gasteiger partial charge in [-0.25, -0.2) is 4.39 Å². The van der Waals surface area contributed by atoms with Crippen LogP contribution in [0.25, 0.3) is 0 Å². The highest BCUT2D eigenvalue weighted by atomic mass is 19.1. The zero-order chi connectivity index (χ0) is 24.6. The van der Waals surface area contributed by atoms with Crippen LogP contribution in [0.2, 0.25) is 0 Å². The molecule has 0 bridgehead atoms. The molecule has 0 radical (unpaired) electrons. The number of carbonyl (C=O) groups excluding carboxylic acids is 2. The Hall–Kier alpha value is -3.71. The van der Waals surface area contributed by atoms with Gasteiger partial charge in [-0.2, -0.15) is 0 Å². The van der Waals surface area contributed by atoms with Gasteiger partial charge in [-0.3, -0.25) is 9.59 Å². The monoisotopic (exact) mass is 476 g/mol. The summed E-state index contributed by atoms with van der Waals surface area (Å²) in [5.74, 6) is -0.0836. The van der Waals surface area contributed by atoms with Crippen molar-refractivity contribution < 1.29 is 23.5 Å². The molecule has 0 aliphatic carbocycles. The summed E-state index contributed by atoms with van der Waals surface area (Å²) in [5.41, 5.74) is 2.68. The van der Waals surface area contributed by atoms with E-state index in [2.05, 4.69) is 5.32 Å². The van der Waals surface area contributed by atoms with Gasteiger partial charge in [0.25, 0.3) is 5.91 Å². The van der Waals surface area contributed by atoms with Crippen LogP contribution in [0.15, 0.2) is 72.8 Å². The maximum Gasteiger partial charge on any atom is 0.258 e. The first-order valence-corrected chi connectivity index (χ1v) is 11.7. The molecule has 4 rings (SSSR count). The van der Waals surface area contributed by atoms with Crippen LogP contribution >= 0.6 is 0 Å². The van der Waals surface area contributed by atoms with E-state index in [-0.39, 0.29) is 36.7 Å². The Balaban J connectivity index is 1.55. The lowest BCUT2D eigenvalue weighted by Gasteiger charge is -2.24. The highest BCUT2D eigenvalue weighted by Gasteiger charge is 2.20. The number of nitrogens with zero attached hydrogens (tertiary/aromatic N) is 1. The fraction of sp³-hybridized carbons (Fsp3) is 0.286. The number of methoxy groups -OCH3 is 1. The molecule has 1 aliphatic rings. The molecule has 0 spiro atoms. The number of nitrogens with one attached hydrogen (secondary N) is 1. The topological polar surface area (TPSA) is 67.9 Å². The molecule has 1 N–H and O–H groups in total. The van der Waals surface area contributed by atoms with Crippen molar-refractivity contribution in [2.45, 2.75) is 31.9 Å². The van der Waals surface area contributed by atoms with Crippen molar-refractivity contribution in [3.8, 4) is 5.75 Å². The van der Waals surface area contributed by atoms with Gasteiger partial charge in [0.2, 0.25) is 5.91 Å². The lowest BCUT2D eigenvalue weighted by molar-refractivity contribution is -0.120. The number of anilines is 1. The highest BCUT2D eigenvalue weighted by molar-refractivity contribution is 6.06. The van der Waals surface area contributed by atoms with Crippen LogP contribution in [0.5, 0.6) is 5.75 Å². The third kappa shape index (κ3) is 6.67. The molecule has 0 saturated carbocycles. The van der Waals surface area contributed by atoms with Gasteiger partial charge in [0.05, 0.1) is 26.2 Å². The molecule has 1 heterocycles. The van der Waals surface area contributed by atoms with Gasteiger partial charge < -0.3 is 19.7 Å². The number of hydrogen-bond acceptors (Lipinski definition) is 4. The fourth-order valence-electron chi connectivity index (χ4n) is 4.08. The number of rotatable bonds is 9. The normalized spacial score (nSPS) is 15.0. The summed E-state index contributed by atoms with van der Waals surface area (Å²) in [6.45, 7) is 1.49. The molecule has 182 valence electrons. The van der Waals surface area contributed by atoms with Crippen molar-refractivity contribution in [1.82, 2.24) is 5.32 Å². The predicted molar refractivity (Wildman–Crippen MR) is 132 cm³/mol. The molecule has 6 nitrogen and oxygen atoms in total. The summed E-state index contributed by atoms with van der Waals surface area (Å²) in [6, 6.07) is 20.4. The Morgan fingerprint density at radius 3 is 2.60 bits per heavy atom. The van der Waals surface area contributed by atoms with E-state index in [9.17, 15) is 14.0 Å². The minimum absolute atomic E-state index is 0.0805. The summed E-state index contributed by atoms with van der Waals surface area (Å²) in [5, 5.41) is 2.93. The third-order valence-corrected chi connectivity index (χ3v) is 5.95. The average Bonchev–Trinajstić information content (AvgIpc) is 3.41. The van der Waals surface area contributed by atoms with Crippen LogP contribution in [0.1, 0.15) is 34.3 Å². The van der Waals surface area contributed by atoms with Crippen LogP contribution in [0, 0.1) is 5.82 Å². The molecule has 1 fully saturated rings. The quantitative estimate of drug-likeness (QED) is 0.493. The zero-order valence-corrected chi connectivity index (χ0v) is 19.7. The first-order valence-electron chi connectivity index (χ1n) is 11.7. The van der Waals surface area contributed by atoms with E-state index in [0.29, 0.717) is 23.5 Å². The number of halogens is 1. The van der Waals surface area contributed by atoms with Gasteiger partial charge in [0.15, 0.2) is 0 Å². The number of amides is 2. The van der Waals surface area contributed by atoms with Crippen LogP contribution in [0.3, 0.4) is 0 Å². The molecular weight excluding hydrogens is 447 g/mol. The number of ether oxygens (including phenoxy) is 2. The average molecular weight is 477 g/mol. The Kier molecular flexibility index (Phi) is 8.11. The van der Waals surface area contributed by atoms with Gasteiger partial charge in [0.1, 0.15) is 11.6 Å². The number of hydrogen-bond donors (Lipinski definition) is 1. The van der Waals surface area contributed by atoms with E-state index in [1.807, 2.05) is 24.3 Å². The summed E-state index contributed by atoms with van der Waals surface area (Å²) in [4.78, 5) is 27.7. The Bertz CT molecular complexity index is 1160. The van der Waals surface area contributed by atoms with Crippen molar-refractivity contribution in [1.29, 1.82) is 0 Å². The van der Waals surface area contributed by atoms with E-state index in [1.54, 1.807) is 48.4 Å². The van der Waals surface area contributed by atoms with Crippen LogP contribution in [0.4, 0.5) is 10.1 Å². The van der Waals surface area contributed by atoms with Gasteiger partial charge in [-0.05, 0) is 66.4 Å². The lowest BCUT2D eigenvalue weighted by Crippen LogP contribution is -2.33. The van der Waals surface area contributed by atoms with Crippen molar-refractivity contribution in [2.24, 2.45) is 0 Å². The van der Waals surface area contributed by atoms with Gasteiger partial charge in [-0.15, -0.1) is 0 Å². The SMILES string of the molecule is COc1cccc(C(=O)N(Cc2ccc(F)cc2)c2cccc(CC(=O)NC[C@H]3CCCO3)c2)c1. The van der Waals surface area contributed by atoms with Crippen LogP contribution in [-0.4, -0.2) is 38.2 Å². The fourth-order valence-corrected chi connectivity index (χ4v) is 4.08. The third-order valence-electron chi connectivity index (χ3n) is 5.95. The summed E-state index contributed by atoms with van der Waals surface area (Å²) in [7, 11) is 1.55. The smallest absolute Gasteiger partial charge is 0.258 e. The van der Waals surface area contributed by atoms with E-state index in [0.717, 1.165) is 30.6 Å². The molecule has 3 aromatic rings. The van der Waals surface area contributed by atoms with Gasteiger partial charge in [-0.1, -0.05) is 30.3 Å². The number of benzene rings is 3. The van der Waals surface area contributed by atoms with Crippen LogP contribution < -0.4 is 15.0 Å². The Morgan fingerprint density at radius 2 is 1.86 bits per heavy atom. The molecule has 1 aliphatic heterocycles. The molecule has 0 unspecified atom stereocenters. The van der Waals surface area contributed by atoms with E-state index in [1.165, 1.54) is 12.1 Å². The van der Waals surface area contributed by atoms with E-state index >= 15 is 0 Å². The maximum atomic E-state index is 13.6. The number of carbonyl (C=O) groups is 2. The summed E-state index contributed by atoms with van der Waals surface area (Å²) < 4.78 is 24.3. The highest BCUT2D eigenvalue weighted by Crippen LogP contribution is 2.24. The first kappa shape index (κ1) is 24.4. The Labute approximate surface area is 204 Å². The second-order valence-corrected chi connectivity index (χ2v) is 8.54. The maximum absolute atomic E-state index is 13.6. The van der Waals surface area contributed by atoms with Crippen molar-refractivity contribution >= 4 is 17.5 Å². The van der Waals surface area contributed by atoms with Crippen molar-refractivity contribution in [3.05, 3.63) is 95.3 Å². The second kappa shape index (κ2) is 11.6. The Morgan fingerprint density at radius 1 is 1.06 bits per heavy atom. The minimum Gasteiger partial charge on any atom is -0.497 e. The summed E-state index contributed by atoms with van der Waals surface area (Å²) >= 11 is 0. The minimum atomic E-state index is -0.338. The lowest BCUT2D eigenvalue weighted by atomic mass is 10.1. The molecular formula is C28H29FN2O4. The van der Waals surface area contributed by atoms with E-state index in [4.69, 9.17) is 9.47 Å². The molecule has 1 saturated heterocycles. The molecule has 0 aromatic heterocycles. The first-order chi connectivity index (χ1) is 17.0. The summed E-state index contributed by atoms with van der Waals surface area (Å²) in [6.07, 6.45) is 2.25. The van der Waals surface area contributed by atoms with Crippen molar-refractivity contribution in [3.63, 3.8) is 0 Å². The molecule has 35 heavy (non-hydrogen) atoms. The zero-order valence-electron chi connectivity index (χ0n) is 19.7. The van der Waals surface area contributed by atoms with Gasteiger partial charge >= 0.3 is 0 Å². The molecule has 2 amide bonds. The van der Waals surface area contributed by atoms with Crippen molar-refractivity contribution in [2.75, 3.05) is 25.2 Å². The molecule has 1 atom stereocenters. The van der Waals surface area contributed by atoms with Gasteiger partial charge in [0, 0.05) is 24.4 Å².